The number of piperidine rings is 1. The summed E-state index contributed by atoms with van der Waals surface area (Å²) < 4.78 is 6.27. The molecule has 1 saturated heterocycles. The van der Waals surface area contributed by atoms with Gasteiger partial charge in [-0.2, -0.15) is 4.98 Å². The van der Waals surface area contributed by atoms with Gasteiger partial charge in [0.1, 0.15) is 0 Å². The van der Waals surface area contributed by atoms with E-state index in [1.54, 1.807) is 0 Å². The molecule has 2 heterocycles. The van der Waals surface area contributed by atoms with E-state index in [2.05, 4.69) is 70.9 Å². The number of hydrogen-bond acceptors (Lipinski definition) is 5. The predicted octanol–water partition coefficient (Wildman–Crippen LogP) is 2.90. The second-order valence-electron chi connectivity index (χ2n) is 7.16. The van der Waals surface area contributed by atoms with Gasteiger partial charge in [0.05, 0.1) is 0 Å². The van der Waals surface area contributed by atoms with E-state index in [1.165, 1.54) is 5.56 Å². The highest BCUT2D eigenvalue weighted by Crippen LogP contribution is 2.16. The Hall–Kier alpha value is -1.93. The molecular weight excluding hydrogens is 420 g/mol. The smallest absolute Gasteiger partial charge is 0.226 e. The number of halogens is 1. The van der Waals surface area contributed by atoms with Gasteiger partial charge in [-0.25, -0.2) is 0 Å². The lowest BCUT2D eigenvalue weighted by Gasteiger charge is -2.33. The molecule has 1 fully saturated rings. The fourth-order valence-corrected chi connectivity index (χ4v) is 3.62. The van der Waals surface area contributed by atoms with Crippen molar-refractivity contribution in [3.63, 3.8) is 0 Å². The van der Waals surface area contributed by atoms with Crippen LogP contribution in [0.25, 0.3) is 0 Å². The zero-order valence-corrected chi connectivity index (χ0v) is 18.2. The Bertz CT molecular complexity index is 752. The summed E-state index contributed by atoms with van der Waals surface area (Å²) in [6.45, 7) is 5.87. The number of nitrogens with one attached hydrogen (secondary N) is 2. The molecule has 28 heavy (non-hydrogen) atoms. The summed E-state index contributed by atoms with van der Waals surface area (Å²) in [7, 11) is 1.82. The Kier molecular flexibility index (Phi) is 7.85. The van der Waals surface area contributed by atoms with Crippen molar-refractivity contribution in [2.24, 2.45) is 4.99 Å². The summed E-state index contributed by atoms with van der Waals surface area (Å²) in [5.41, 5.74) is 1.36. The standard InChI is InChI=1S/C20H29BrN6O/c1-15-24-19(28-26-15)4-3-11-23-20(22-2)25-18-9-12-27(13-10-18)14-16-5-7-17(21)8-6-16/h5-8,18H,3-4,9-14H2,1-2H3,(H2,22,23,25). The summed E-state index contributed by atoms with van der Waals surface area (Å²) in [6, 6.07) is 9.06. The second kappa shape index (κ2) is 10.6. The van der Waals surface area contributed by atoms with Crippen LogP contribution in [0.5, 0.6) is 0 Å². The normalized spacial score (nSPS) is 16.3. The molecule has 1 aliphatic rings. The molecule has 0 aliphatic carbocycles. The van der Waals surface area contributed by atoms with Crippen LogP contribution in [0.15, 0.2) is 38.3 Å². The average molecular weight is 449 g/mol. The third-order valence-corrected chi connectivity index (χ3v) is 5.43. The number of guanidine groups is 1. The topological polar surface area (TPSA) is 78.6 Å². The van der Waals surface area contributed by atoms with Gasteiger partial charge in [0, 0.05) is 50.2 Å². The number of rotatable bonds is 7. The number of benzene rings is 1. The maximum Gasteiger partial charge on any atom is 0.226 e. The SMILES string of the molecule is CN=C(NCCCc1nc(C)no1)NC1CCN(Cc2ccc(Br)cc2)CC1. The van der Waals surface area contributed by atoms with Crippen molar-refractivity contribution in [2.75, 3.05) is 26.7 Å². The third-order valence-electron chi connectivity index (χ3n) is 4.90. The molecule has 0 bridgehead atoms. The van der Waals surface area contributed by atoms with Crippen LogP contribution in [0.2, 0.25) is 0 Å². The van der Waals surface area contributed by atoms with E-state index in [-0.39, 0.29) is 0 Å². The van der Waals surface area contributed by atoms with Gasteiger partial charge in [-0.1, -0.05) is 33.2 Å². The first-order valence-corrected chi connectivity index (χ1v) is 10.6. The van der Waals surface area contributed by atoms with E-state index >= 15 is 0 Å². The predicted molar refractivity (Wildman–Crippen MR) is 114 cm³/mol. The summed E-state index contributed by atoms with van der Waals surface area (Å²) in [5, 5.41) is 10.7. The van der Waals surface area contributed by atoms with Crippen molar-refractivity contribution in [3.05, 3.63) is 46.0 Å². The largest absolute Gasteiger partial charge is 0.356 e. The summed E-state index contributed by atoms with van der Waals surface area (Å²) >= 11 is 3.49. The molecule has 0 saturated carbocycles. The first kappa shape index (κ1) is 20.8. The van der Waals surface area contributed by atoms with E-state index in [1.807, 2.05) is 14.0 Å². The van der Waals surface area contributed by atoms with Crippen molar-refractivity contribution < 1.29 is 4.52 Å². The number of aliphatic imine (C=N–C) groups is 1. The van der Waals surface area contributed by atoms with E-state index in [4.69, 9.17) is 4.52 Å². The summed E-state index contributed by atoms with van der Waals surface area (Å²) in [6.07, 6.45) is 3.95. The molecule has 152 valence electrons. The second-order valence-corrected chi connectivity index (χ2v) is 8.07. The Balaban J connectivity index is 1.33. The molecular formula is C20H29BrN6O. The summed E-state index contributed by atoms with van der Waals surface area (Å²) in [5.74, 6) is 2.25. The number of aromatic nitrogens is 2. The minimum atomic E-state index is 0.464. The van der Waals surface area contributed by atoms with Gasteiger partial charge in [-0.15, -0.1) is 0 Å². The van der Waals surface area contributed by atoms with Crippen LogP contribution in [0.1, 0.15) is 36.5 Å². The van der Waals surface area contributed by atoms with Crippen LogP contribution in [0.3, 0.4) is 0 Å². The minimum absolute atomic E-state index is 0.464. The van der Waals surface area contributed by atoms with Crippen molar-refractivity contribution in [2.45, 2.75) is 45.2 Å². The molecule has 0 spiro atoms. The van der Waals surface area contributed by atoms with Gasteiger partial charge in [0.2, 0.25) is 5.89 Å². The first-order valence-electron chi connectivity index (χ1n) is 9.85. The quantitative estimate of drug-likeness (QED) is 0.385. The average Bonchev–Trinajstić information content (AvgIpc) is 3.12. The molecule has 7 nitrogen and oxygen atoms in total. The Morgan fingerprint density at radius 3 is 2.68 bits per heavy atom. The molecule has 1 aliphatic heterocycles. The molecule has 0 unspecified atom stereocenters. The number of nitrogens with zero attached hydrogens (tertiary/aromatic N) is 4. The number of likely N-dealkylation sites (tertiary alicyclic amines) is 1. The van der Waals surface area contributed by atoms with E-state index in [0.717, 1.165) is 62.3 Å². The number of hydrogen-bond donors (Lipinski definition) is 2. The van der Waals surface area contributed by atoms with Crippen LogP contribution in [-0.4, -0.2) is 53.7 Å². The Morgan fingerprint density at radius 2 is 2.04 bits per heavy atom. The van der Waals surface area contributed by atoms with Crippen molar-refractivity contribution in [3.8, 4) is 0 Å². The van der Waals surface area contributed by atoms with Crippen LogP contribution < -0.4 is 10.6 Å². The van der Waals surface area contributed by atoms with Crippen molar-refractivity contribution >= 4 is 21.9 Å². The van der Waals surface area contributed by atoms with Crippen LogP contribution in [-0.2, 0) is 13.0 Å². The fraction of sp³-hybridized carbons (Fsp3) is 0.550. The maximum atomic E-state index is 5.14. The molecule has 0 amide bonds. The van der Waals surface area contributed by atoms with Crippen LogP contribution in [0, 0.1) is 6.92 Å². The zero-order chi connectivity index (χ0) is 19.8. The van der Waals surface area contributed by atoms with Crippen LogP contribution >= 0.6 is 15.9 Å². The molecule has 0 radical (unpaired) electrons. The highest BCUT2D eigenvalue weighted by molar-refractivity contribution is 9.10. The monoisotopic (exact) mass is 448 g/mol. The summed E-state index contributed by atoms with van der Waals surface area (Å²) in [4.78, 5) is 11.1. The van der Waals surface area contributed by atoms with Gasteiger partial charge < -0.3 is 15.2 Å². The van der Waals surface area contributed by atoms with Gasteiger partial charge in [-0.3, -0.25) is 9.89 Å². The Morgan fingerprint density at radius 1 is 1.29 bits per heavy atom. The molecule has 2 N–H and O–H groups in total. The van der Waals surface area contributed by atoms with Crippen molar-refractivity contribution in [1.82, 2.24) is 25.7 Å². The van der Waals surface area contributed by atoms with E-state index in [0.29, 0.717) is 17.8 Å². The number of aryl methyl sites for hydroxylation is 2. The lowest BCUT2D eigenvalue weighted by molar-refractivity contribution is 0.198. The highest BCUT2D eigenvalue weighted by Gasteiger charge is 2.20. The zero-order valence-electron chi connectivity index (χ0n) is 16.6. The van der Waals surface area contributed by atoms with Crippen LogP contribution in [0.4, 0.5) is 0 Å². The fourth-order valence-electron chi connectivity index (χ4n) is 3.36. The maximum absolute atomic E-state index is 5.14. The lowest BCUT2D eigenvalue weighted by atomic mass is 10.0. The van der Waals surface area contributed by atoms with Gasteiger partial charge in [-0.05, 0) is 43.9 Å². The van der Waals surface area contributed by atoms with Gasteiger partial charge >= 0.3 is 0 Å². The molecule has 0 atom stereocenters. The van der Waals surface area contributed by atoms with Gasteiger partial charge in [0.15, 0.2) is 11.8 Å². The third kappa shape index (κ3) is 6.60. The van der Waals surface area contributed by atoms with E-state index < -0.39 is 0 Å². The Labute approximate surface area is 175 Å². The highest BCUT2D eigenvalue weighted by atomic mass is 79.9. The first-order chi connectivity index (χ1) is 13.6. The molecule has 2 aromatic rings. The molecule has 1 aromatic carbocycles. The molecule has 8 heteroatoms. The molecule has 1 aromatic heterocycles. The van der Waals surface area contributed by atoms with Crippen molar-refractivity contribution in [1.29, 1.82) is 0 Å². The lowest BCUT2D eigenvalue weighted by Crippen LogP contribution is -2.48. The van der Waals surface area contributed by atoms with E-state index in [9.17, 15) is 0 Å². The molecule has 3 rings (SSSR count). The minimum Gasteiger partial charge on any atom is -0.356 e. The van der Waals surface area contributed by atoms with Gasteiger partial charge in [0.25, 0.3) is 0 Å².